The summed E-state index contributed by atoms with van der Waals surface area (Å²) in [7, 11) is 0. The summed E-state index contributed by atoms with van der Waals surface area (Å²) >= 11 is 7.13. The van der Waals surface area contributed by atoms with Crippen LogP contribution in [-0.4, -0.2) is 33.5 Å². The highest BCUT2D eigenvalue weighted by atomic mass is 32.2. The summed E-state index contributed by atoms with van der Waals surface area (Å²) in [6.07, 6.45) is 3.11. The maximum Gasteiger partial charge on any atom is 0.166 e. The highest BCUT2D eigenvalue weighted by molar-refractivity contribution is 7.98. The molecule has 0 radical (unpaired) electrons. The molecule has 0 saturated heterocycles. The molecular formula is C17H26N4OS2. The number of aromatic nitrogens is 2. The second-order valence-corrected chi connectivity index (χ2v) is 7.24. The molecule has 2 N–H and O–H groups in total. The maximum atomic E-state index is 5.54. The molecule has 2 aromatic heterocycles. The van der Waals surface area contributed by atoms with Crippen molar-refractivity contribution in [2.75, 3.05) is 18.8 Å². The van der Waals surface area contributed by atoms with Crippen LogP contribution in [0.1, 0.15) is 29.5 Å². The molecule has 0 bridgehead atoms. The minimum Gasteiger partial charge on any atom is -0.466 e. The summed E-state index contributed by atoms with van der Waals surface area (Å²) in [6.45, 7) is 8.70. The fourth-order valence-electron chi connectivity index (χ4n) is 2.38. The SMILES string of the molecule is Cc1cn(CCCNC(=S)NCCSCc2ccc(C)o2)c(C)n1. The van der Waals surface area contributed by atoms with Gasteiger partial charge in [0.05, 0.1) is 11.4 Å². The molecule has 7 heteroatoms. The molecule has 0 aliphatic carbocycles. The van der Waals surface area contributed by atoms with Crippen LogP contribution < -0.4 is 10.6 Å². The minimum atomic E-state index is 0.725. The van der Waals surface area contributed by atoms with Crippen LogP contribution in [0.15, 0.2) is 22.7 Å². The van der Waals surface area contributed by atoms with Gasteiger partial charge in [-0.15, -0.1) is 0 Å². The number of imidazole rings is 1. The molecule has 0 aliphatic heterocycles. The molecule has 132 valence electrons. The highest BCUT2D eigenvalue weighted by Gasteiger charge is 2.01. The standard InChI is InChI=1S/C17H26N4OS2/c1-13-11-21(15(3)20-13)9-4-7-18-17(23)19-8-10-24-12-16-6-5-14(2)22-16/h5-6,11H,4,7-10,12H2,1-3H3,(H2,18,19,23). The lowest BCUT2D eigenvalue weighted by atomic mass is 10.4. The first-order valence-electron chi connectivity index (χ1n) is 8.19. The molecule has 2 aromatic rings. The number of thioether (sulfide) groups is 1. The molecule has 0 aliphatic rings. The third-order valence-electron chi connectivity index (χ3n) is 3.53. The van der Waals surface area contributed by atoms with E-state index in [0.29, 0.717) is 0 Å². The van der Waals surface area contributed by atoms with Crippen LogP contribution in [0, 0.1) is 20.8 Å². The fourth-order valence-corrected chi connectivity index (χ4v) is 3.33. The zero-order valence-electron chi connectivity index (χ0n) is 14.6. The van der Waals surface area contributed by atoms with Crippen LogP contribution in [0.25, 0.3) is 0 Å². The molecule has 0 unspecified atom stereocenters. The molecule has 0 amide bonds. The van der Waals surface area contributed by atoms with E-state index in [-0.39, 0.29) is 0 Å². The summed E-state index contributed by atoms with van der Waals surface area (Å²) in [4.78, 5) is 4.40. The van der Waals surface area contributed by atoms with Gasteiger partial charge in [0.1, 0.15) is 17.3 Å². The van der Waals surface area contributed by atoms with Gasteiger partial charge in [0.25, 0.3) is 0 Å². The van der Waals surface area contributed by atoms with Crippen molar-refractivity contribution in [3.8, 4) is 0 Å². The van der Waals surface area contributed by atoms with Crippen molar-refractivity contribution < 1.29 is 4.42 Å². The van der Waals surface area contributed by atoms with Gasteiger partial charge >= 0.3 is 0 Å². The maximum absolute atomic E-state index is 5.54. The zero-order chi connectivity index (χ0) is 17.4. The van der Waals surface area contributed by atoms with Gasteiger partial charge < -0.3 is 19.6 Å². The first-order valence-corrected chi connectivity index (χ1v) is 9.76. The Hall–Kier alpha value is -1.47. The lowest BCUT2D eigenvalue weighted by molar-refractivity contribution is 0.501. The topological polar surface area (TPSA) is 55.0 Å². The Balaban J connectivity index is 1.48. The van der Waals surface area contributed by atoms with Crippen LogP contribution >= 0.6 is 24.0 Å². The molecule has 24 heavy (non-hydrogen) atoms. The summed E-state index contributed by atoms with van der Waals surface area (Å²) in [5.74, 6) is 4.96. The summed E-state index contributed by atoms with van der Waals surface area (Å²) in [6, 6.07) is 4.03. The minimum absolute atomic E-state index is 0.725. The van der Waals surface area contributed by atoms with Crippen LogP contribution in [0.2, 0.25) is 0 Å². The van der Waals surface area contributed by atoms with E-state index in [1.165, 1.54) is 0 Å². The normalized spacial score (nSPS) is 10.8. The van der Waals surface area contributed by atoms with E-state index in [4.69, 9.17) is 16.6 Å². The van der Waals surface area contributed by atoms with Gasteiger partial charge in [-0.2, -0.15) is 11.8 Å². The van der Waals surface area contributed by atoms with E-state index in [1.54, 1.807) is 0 Å². The van der Waals surface area contributed by atoms with Crippen molar-refractivity contribution in [3.05, 3.63) is 41.4 Å². The Morgan fingerprint density at radius 2 is 2.04 bits per heavy atom. The molecule has 0 aromatic carbocycles. The van der Waals surface area contributed by atoms with Crippen LogP contribution in [-0.2, 0) is 12.3 Å². The number of hydrogen-bond acceptors (Lipinski definition) is 4. The van der Waals surface area contributed by atoms with E-state index in [1.807, 2.05) is 44.7 Å². The molecular weight excluding hydrogens is 340 g/mol. The Labute approximate surface area is 153 Å². The number of hydrogen-bond donors (Lipinski definition) is 2. The predicted octanol–water partition coefficient (Wildman–Crippen LogP) is 3.19. The summed E-state index contributed by atoms with van der Waals surface area (Å²) in [5, 5.41) is 7.21. The molecule has 0 fully saturated rings. The Morgan fingerprint density at radius 1 is 1.25 bits per heavy atom. The number of furan rings is 1. The lowest BCUT2D eigenvalue weighted by Crippen LogP contribution is -2.37. The van der Waals surface area contributed by atoms with Crippen molar-refractivity contribution in [2.24, 2.45) is 0 Å². The Morgan fingerprint density at radius 3 is 2.71 bits per heavy atom. The Bertz CT molecular complexity index is 651. The molecule has 5 nitrogen and oxygen atoms in total. The van der Waals surface area contributed by atoms with E-state index in [9.17, 15) is 0 Å². The molecule has 0 spiro atoms. The van der Waals surface area contributed by atoms with E-state index in [2.05, 4.69) is 26.4 Å². The van der Waals surface area contributed by atoms with Crippen molar-refractivity contribution in [1.29, 1.82) is 0 Å². The largest absolute Gasteiger partial charge is 0.466 e. The number of nitrogens with zero attached hydrogens (tertiary/aromatic N) is 2. The quantitative estimate of drug-likeness (QED) is 0.525. The second kappa shape index (κ2) is 9.74. The number of nitrogens with one attached hydrogen (secondary N) is 2. The fraction of sp³-hybridized carbons (Fsp3) is 0.529. The first kappa shape index (κ1) is 18.9. The summed E-state index contributed by atoms with van der Waals surface area (Å²) < 4.78 is 7.72. The third kappa shape index (κ3) is 6.57. The van der Waals surface area contributed by atoms with Gasteiger partial charge in [-0.1, -0.05) is 0 Å². The number of aryl methyl sites for hydroxylation is 4. The van der Waals surface area contributed by atoms with E-state index in [0.717, 1.165) is 65.7 Å². The first-order chi connectivity index (χ1) is 11.5. The predicted molar refractivity (Wildman–Crippen MR) is 105 cm³/mol. The number of rotatable bonds is 9. The zero-order valence-corrected chi connectivity index (χ0v) is 16.2. The highest BCUT2D eigenvalue weighted by Crippen LogP contribution is 2.14. The van der Waals surface area contributed by atoms with Gasteiger partial charge in [0.15, 0.2) is 5.11 Å². The van der Waals surface area contributed by atoms with Crippen molar-refractivity contribution in [2.45, 2.75) is 39.5 Å². The Kier molecular flexibility index (Phi) is 7.65. The van der Waals surface area contributed by atoms with E-state index < -0.39 is 0 Å². The second-order valence-electron chi connectivity index (χ2n) is 5.72. The summed E-state index contributed by atoms with van der Waals surface area (Å²) in [5.41, 5.74) is 1.07. The number of thiocarbonyl (C=S) groups is 1. The monoisotopic (exact) mass is 366 g/mol. The van der Waals surface area contributed by atoms with Crippen LogP contribution in [0.5, 0.6) is 0 Å². The average Bonchev–Trinajstić information content (AvgIpc) is 3.08. The van der Waals surface area contributed by atoms with Gasteiger partial charge in [0.2, 0.25) is 0 Å². The molecule has 0 saturated carbocycles. The van der Waals surface area contributed by atoms with E-state index >= 15 is 0 Å². The van der Waals surface area contributed by atoms with Gasteiger partial charge in [-0.25, -0.2) is 4.98 Å². The third-order valence-corrected chi connectivity index (χ3v) is 4.80. The average molecular weight is 367 g/mol. The molecule has 2 heterocycles. The lowest BCUT2D eigenvalue weighted by Gasteiger charge is -2.10. The van der Waals surface area contributed by atoms with Crippen molar-refractivity contribution in [3.63, 3.8) is 0 Å². The van der Waals surface area contributed by atoms with Crippen LogP contribution in [0.3, 0.4) is 0 Å². The molecule has 2 rings (SSSR count). The van der Waals surface area contributed by atoms with Gasteiger partial charge in [-0.05, 0) is 51.5 Å². The van der Waals surface area contributed by atoms with Gasteiger partial charge in [0, 0.05) is 31.6 Å². The van der Waals surface area contributed by atoms with Crippen molar-refractivity contribution >= 4 is 29.1 Å². The molecule has 0 atom stereocenters. The smallest absolute Gasteiger partial charge is 0.166 e. The van der Waals surface area contributed by atoms with Crippen molar-refractivity contribution in [1.82, 2.24) is 20.2 Å². The van der Waals surface area contributed by atoms with Crippen LogP contribution in [0.4, 0.5) is 0 Å². The van der Waals surface area contributed by atoms with Gasteiger partial charge in [-0.3, -0.25) is 0 Å².